The van der Waals surface area contributed by atoms with Crippen molar-refractivity contribution in [3.05, 3.63) is 128 Å². The van der Waals surface area contributed by atoms with Gasteiger partial charge in [-0.1, -0.05) is 23.7 Å². The molecule has 2 aliphatic rings. The van der Waals surface area contributed by atoms with Crippen molar-refractivity contribution in [2.45, 2.75) is 50.1 Å². The number of sulfonamides is 1. The summed E-state index contributed by atoms with van der Waals surface area (Å²) in [5.74, 6) is -8.96. The predicted octanol–water partition coefficient (Wildman–Crippen LogP) is 7.04. The summed E-state index contributed by atoms with van der Waals surface area (Å²) >= 11 is 6.75. The normalized spacial score (nSPS) is 16.7. The molecule has 3 aromatic carbocycles. The third-order valence-corrected chi connectivity index (χ3v) is 13.2. The number of anilines is 1. The Morgan fingerprint density at radius 2 is 1.70 bits per heavy atom. The molecule has 2 aliphatic carbocycles. The molecule has 1 amide bonds. The molecule has 4 heterocycles. The summed E-state index contributed by atoms with van der Waals surface area (Å²) in [5.41, 5.74) is -2.28. The second-order valence-electron chi connectivity index (χ2n) is 15.9. The van der Waals surface area contributed by atoms with E-state index in [4.69, 9.17) is 21.1 Å². The Labute approximate surface area is 375 Å². The Bertz CT molecular complexity index is 3250. The van der Waals surface area contributed by atoms with Crippen LogP contribution in [0.3, 0.4) is 0 Å². The number of fused-ring (bicyclic) bond motifs is 5. The quantitative estimate of drug-likeness (QED) is 0.101. The largest absolute Gasteiger partial charge is 0.497 e. The van der Waals surface area contributed by atoms with E-state index in [0.717, 1.165) is 16.7 Å². The molecule has 0 spiro atoms. The number of halogens is 7. The molecule has 3 atom stereocenters. The molecule has 0 unspecified atom stereocenters. The van der Waals surface area contributed by atoms with Crippen LogP contribution >= 0.6 is 11.6 Å². The fourth-order valence-corrected chi connectivity index (χ4v) is 9.91. The molecular weight excluding hydrogens is 920 g/mol. The number of aryl methyl sites for hydroxylation is 2. The summed E-state index contributed by atoms with van der Waals surface area (Å²) in [6.45, 7) is -1.00. The van der Waals surface area contributed by atoms with Crippen molar-refractivity contribution >= 4 is 55.3 Å². The Balaban J connectivity index is 1.17. The van der Waals surface area contributed by atoms with Gasteiger partial charge in [0.2, 0.25) is 21.8 Å². The van der Waals surface area contributed by atoms with Gasteiger partial charge < -0.3 is 14.8 Å². The lowest BCUT2D eigenvalue weighted by Gasteiger charge is -2.24. The minimum Gasteiger partial charge on any atom is -0.497 e. The number of rotatable bonds is 15. The molecule has 15 nitrogen and oxygen atoms in total. The van der Waals surface area contributed by atoms with Gasteiger partial charge in [-0.25, -0.2) is 31.0 Å². The number of hydrogen-bond donors (Lipinski definition) is 2. The van der Waals surface area contributed by atoms with Crippen LogP contribution in [0.1, 0.15) is 58.7 Å². The second-order valence-corrected chi connectivity index (χ2v) is 18.1. The zero-order valence-corrected chi connectivity index (χ0v) is 36.4. The fraction of sp³-hybridized carbons (Fsp3) is 0.302. The second kappa shape index (κ2) is 16.6. The van der Waals surface area contributed by atoms with Crippen LogP contribution in [0.5, 0.6) is 11.6 Å². The average Bonchev–Trinajstić information content (AvgIpc) is 3.81. The maximum Gasteiger partial charge on any atom is 0.293 e. The van der Waals surface area contributed by atoms with Gasteiger partial charge in [0.15, 0.2) is 11.5 Å². The maximum absolute atomic E-state index is 15.5. The summed E-state index contributed by atoms with van der Waals surface area (Å²) in [6, 6.07) is 13.3. The Morgan fingerprint density at radius 1 is 0.970 bits per heavy atom. The van der Waals surface area contributed by atoms with Gasteiger partial charge in [-0.05, 0) is 72.4 Å². The van der Waals surface area contributed by atoms with E-state index in [1.807, 2.05) is 0 Å². The average molecular weight is 956 g/mol. The number of aromatic nitrogens is 7. The topological polar surface area (TPSA) is 177 Å². The van der Waals surface area contributed by atoms with Gasteiger partial charge >= 0.3 is 0 Å². The third-order valence-electron chi connectivity index (χ3n) is 11.6. The van der Waals surface area contributed by atoms with Gasteiger partial charge in [0.05, 0.1) is 53.0 Å². The number of carbonyl (C=O) groups is 1. The van der Waals surface area contributed by atoms with Crippen molar-refractivity contribution in [1.82, 2.24) is 39.4 Å². The molecule has 66 heavy (non-hydrogen) atoms. The van der Waals surface area contributed by atoms with Gasteiger partial charge in [-0.15, -0.1) is 0 Å². The number of amides is 1. The number of nitrogens with zero attached hydrogens (tertiary/aromatic N) is 7. The lowest BCUT2D eigenvalue weighted by Crippen LogP contribution is -2.38. The standard InChI is InChI=1S/C43H36ClF6N9O6S/c1-57-36-30(10-9-28(44)34(36)40(55-57)56-66(62,63)13-12-20-4-6-24(64-2)7-5-20)59-41(53-39-25(42(59)61)8-11-32(52-39)65-3)29(16-21-14-22(45)17-23(46)15-21)51-31(60)19-58-37-33(35(54-58)38(47)48)26-18-27(26)43(37,49)50/h4-11,14-15,17,26-27,29,38H,12-13,16,18-19H2,1-3H3,(H,51,60)(H,55,56)/t26-,27+,29-/m0/s1. The first kappa shape index (κ1) is 44.5. The smallest absolute Gasteiger partial charge is 0.293 e. The molecule has 1 fully saturated rings. The number of nitrogens with one attached hydrogen (secondary N) is 2. The minimum atomic E-state index is -4.10. The Morgan fingerprint density at radius 3 is 2.38 bits per heavy atom. The van der Waals surface area contributed by atoms with Crippen LogP contribution < -0.4 is 25.1 Å². The van der Waals surface area contributed by atoms with Crippen LogP contribution in [0, 0.1) is 17.6 Å². The van der Waals surface area contributed by atoms with E-state index in [1.165, 1.54) is 50.2 Å². The van der Waals surface area contributed by atoms with Crippen LogP contribution in [0.15, 0.2) is 71.5 Å². The SMILES string of the molecule is COc1ccc(CCS(=O)(=O)Nc2nn(C)c3c(-n4c([C@H](Cc5cc(F)cc(F)c5)NC(=O)Cn5nc(C(F)F)c6c5C(F)(F)[C@@H]5C[C@H]65)nc5nc(OC)ccc5c4=O)ccc(Cl)c23)cc1. The van der Waals surface area contributed by atoms with Crippen LogP contribution in [-0.4, -0.2) is 68.4 Å². The van der Waals surface area contributed by atoms with Crippen molar-refractivity contribution in [2.24, 2.45) is 13.0 Å². The van der Waals surface area contributed by atoms with Gasteiger partial charge in [0.25, 0.3) is 17.9 Å². The Hall–Kier alpha value is -6.68. The fourth-order valence-electron chi connectivity index (χ4n) is 8.62. The molecule has 0 radical (unpaired) electrons. The van der Waals surface area contributed by atoms with Crippen molar-refractivity contribution < 1.29 is 49.0 Å². The van der Waals surface area contributed by atoms with E-state index in [2.05, 4.69) is 30.2 Å². The summed E-state index contributed by atoms with van der Waals surface area (Å²) in [4.78, 5) is 38.0. The van der Waals surface area contributed by atoms with Crippen molar-refractivity contribution in [3.63, 3.8) is 0 Å². The van der Waals surface area contributed by atoms with E-state index < -0.39 is 87.7 Å². The lowest BCUT2D eigenvalue weighted by molar-refractivity contribution is -0.123. The first-order chi connectivity index (χ1) is 31.4. The number of pyridine rings is 1. The number of ether oxygens (including phenoxy) is 2. The van der Waals surface area contributed by atoms with Crippen LogP contribution in [0.4, 0.5) is 32.2 Å². The molecule has 344 valence electrons. The summed E-state index contributed by atoms with van der Waals surface area (Å²) in [6.07, 6.45) is -3.61. The molecule has 9 rings (SSSR count). The highest BCUT2D eigenvalue weighted by Crippen LogP contribution is 2.68. The highest BCUT2D eigenvalue weighted by Gasteiger charge is 2.67. The minimum absolute atomic E-state index is 0.00824. The number of benzene rings is 3. The van der Waals surface area contributed by atoms with E-state index in [0.29, 0.717) is 22.1 Å². The molecule has 0 aliphatic heterocycles. The predicted molar refractivity (Wildman–Crippen MR) is 228 cm³/mol. The summed E-state index contributed by atoms with van der Waals surface area (Å²) in [7, 11) is 0.167. The highest BCUT2D eigenvalue weighted by atomic mass is 35.5. The number of hydrogen-bond acceptors (Lipinski definition) is 10. The van der Waals surface area contributed by atoms with Crippen LogP contribution in [0.2, 0.25) is 5.02 Å². The molecule has 7 aromatic rings. The molecule has 0 saturated heterocycles. The van der Waals surface area contributed by atoms with Gasteiger partial charge in [-0.2, -0.15) is 24.0 Å². The molecule has 0 bridgehead atoms. The number of carbonyl (C=O) groups excluding carboxylic acids is 1. The maximum atomic E-state index is 15.5. The lowest BCUT2D eigenvalue weighted by atomic mass is 10.0. The summed E-state index contributed by atoms with van der Waals surface area (Å²) in [5, 5.41) is 10.7. The summed E-state index contributed by atoms with van der Waals surface area (Å²) < 4.78 is 132. The van der Waals surface area contributed by atoms with E-state index in [1.54, 1.807) is 24.3 Å². The molecule has 4 aromatic heterocycles. The number of methoxy groups -OCH3 is 2. The van der Waals surface area contributed by atoms with E-state index >= 15 is 8.78 Å². The first-order valence-electron chi connectivity index (χ1n) is 20.2. The zero-order valence-electron chi connectivity index (χ0n) is 34.8. The zero-order chi connectivity index (χ0) is 47.0. The number of alkyl halides is 4. The monoisotopic (exact) mass is 955 g/mol. The Kier molecular flexibility index (Phi) is 11.2. The molecule has 2 N–H and O–H groups in total. The van der Waals surface area contributed by atoms with E-state index in [9.17, 15) is 35.6 Å². The van der Waals surface area contributed by atoms with Crippen LogP contribution in [-0.2, 0) is 47.2 Å². The molecular formula is C43H36ClF6N9O6S. The van der Waals surface area contributed by atoms with Gasteiger partial charge in [0, 0.05) is 37.1 Å². The third kappa shape index (κ3) is 8.05. The molecule has 1 saturated carbocycles. The molecule has 23 heteroatoms. The van der Waals surface area contributed by atoms with Crippen molar-refractivity contribution in [1.29, 1.82) is 0 Å². The highest BCUT2D eigenvalue weighted by molar-refractivity contribution is 7.92. The van der Waals surface area contributed by atoms with Crippen LogP contribution in [0.25, 0.3) is 27.6 Å². The van der Waals surface area contributed by atoms with Gasteiger partial charge in [0.1, 0.15) is 41.1 Å². The van der Waals surface area contributed by atoms with Crippen molar-refractivity contribution in [2.75, 3.05) is 24.7 Å². The van der Waals surface area contributed by atoms with E-state index in [-0.39, 0.29) is 79.9 Å². The first-order valence-corrected chi connectivity index (χ1v) is 22.2. The van der Waals surface area contributed by atoms with Gasteiger partial charge in [-0.3, -0.25) is 28.2 Å². The van der Waals surface area contributed by atoms with Crippen molar-refractivity contribution in [3.8, 4) is 17.3 Å².